The van der Waals surface area contributed by atoms with Gasteiger partial charge in [-0.1, -0.05) is 18.2 Å². The Morgan fingerprint density at radius 2 is 2.11 bits per heavy atom. The monoisotopic (exact) mass is 372 g/mol. The van der Waals surface area contributed by atoms with Crippen molar-refractivity contribution in [2.24, 2.45) is 0 Å². The summed E-state index contributed by atoms with van der Waals surface area (Å²) >= 11 is 0. The highest BCUT2D eigenvalue weighted by Gasteiger charge is 2.27. The molecule has 3 rings (SSSR count). The number of likely N-dealkylation sites (N-methyl/N-ethyl adjacent to an activating group) is 1. The molecule has 1 aliphatic rings. The average molecular weight is 372 g/mol. The smallest absolute Gasteiger partial charge is 0.329 e. The number of hydrogen-bond donors (Lipinski definition) is 2. The molecule has 1 aromatic carbocycles. The molecule has 1 aromatic heterocycles. The van der Waals surface area contributed by atoms with E-state index >= 15 is 0 Å². The fourth-order valence-electron chi connectivity index (χ4n) is 2.82. The van der Waals surface area contributed by atoms with Gasteiger partial charge in [0.2, 0.25) is 11.8 Å². The lowest BCUT2D eigenvalue weighted by atomic mass is 10.0. The van der Waals surface area contributed by atoms with Crippen LogP contribution in [-0.4, -0.2) is 53.6 Å². The van der Waals surface area contributed by atoms with E-state index in [4.69, 9.17) is 4.74 Å². The Kier molecular flexibility index (Phi) is 5.70. The zero-order chi connectivity index (χ0) is 19.4. The van der Waals surface area contributed by atoms with Gasteiger partial charge >= 0.3 is 5.69 Å². The molecule has 1 atom stereocenters. The van der Waals surface area contributed by atoms with Gasteiger partial charge in [0.1, 0.15) is 11.9 Å². The van der Waals surface area contributed by atoms with Crippen molar-refractivity contribution in [2.75, 3.05) is 38.4 Å². The van der Waals surface area contributed by atoms with Gasteiger partial charge in [-0.2, -0.15) is 4.98 Å². The minimum atomic E-state index is -0.466. The molecule has 0 bridgehead atoms. The summed E-state index contributed by atoms with van der Waals surface area (Å²) < 4.78 is 5.47. The van der Waals surface area contributed by atoms with Gasteiger partial charge in [0, 0.05) is 18.2 Å². The van der Waals surface area contributed by atoms with Crippen molar-refractivity contribution in [3.8, 4) is 5.75 Å². The topological polar surface area (TPSA) is 105 Å². The van der Waals surface area contributed by atoms with Gasteiger partial charge in [0.05, 0.1) is 18.1 Å². The summed E-state index contributed by atoms with van der Waals surface area (Å²) in [5.74, 6) is 1.42. The Balaban J connectivity index is 1.78. The zero-order valence-corrected chi connectivity index (χ0v) is 15.7. The van der Waals surface area contributed by atoms with Gasteiger partial charge in [0.15, 0.2) is 0 Å². The summed E-state index contributed by atoms with van der Waals surface area (Å²) in [6, 6.07) is 8.11. The Bertz CT molecular complexity index is 809. The zero-order valence-electron chi connectivity index (χ0n) is 15.7. The van der Waals surface area contributed by atoms with Crippen LogP contribution < -0.4 is 15.4 Å². The Morgan fingerprint density at radius 1 is 1.37 bits per heavy atom. The van der Waals surface area contributed by atoms with E-state index in [1.54, 1.807) is 7.11 Å². The molecule has 9 nitrogen and oxygen atoms in total. The first-order chi connectivity index (χ1) is 13.0. The Labute approximate surface area is 157 Å². The third kappa shape index (κ3) is 4.62. The molecule has 1 saturated carbocycles. The number of aromatic nitrogens is 2. The lowest BCUT2D eigenvalue weighted by Gasteiger charge is -2.26. The molecule has 0 spiro atoms. The van der Waals surface area contributed by atoms with E-state index in [0.717, 1.165) is 24.2 Å². The van der Waals surface area contributed by atoms with Gasteiger partial charge in [-0.15, -0.1) is 0 Å². The lowest BCUT2D eigenvalue weighted by molar-refractivity contribution is -0.384. The first kappa shape index (κ1) is 18.8. The number of nitro groups is 1. The molecule has 144 valence electrons. The highest BCUT2D eigenvalue weighted by molar-refractivity contribution is 5.58. The van der Waals surface area contributed by atoms with Crippen molar-refractivity contribution in [2.45, 2.75) is 24.9 Å². The Hall–Kier alpha value is -2.94. The van der Waals surface area contributed by atoms with Gasteiger partial charge < -0.3 is 20.3 Å². The van der Waals surface area contributed by atoms with Crippen LogP contribution in [0.3, 0.4) is 0 Å². The maximum absolute atomic E-state index is 11.2. The van der Waals surface area contributed by atoms with Crippen LogP contribution in [-0.2, 0) is 0 Å². The van der Waals surface area contributed by atoms with Crippen LogP contribution in [0.1, 0.15) is 24.4 Å². The van der Waals surface area contributed by atoms with Gasteiger partial charge in [0.25, 0.3) is 0 Å². The Morgan fingerprint density at radius 3 is 2.74 bits per heavy atom. The molecular formula is C18H24N6O3. The van der Waals surface area contributed by atoms with E-state index < -0.39 is 4.92 Å². The maximum Gasteiger partial charge on any atom is 0.329 e. The summed E-state index contributed by atoms with van der Waals surface area (Å²) in [5.41, 5.74) is 0.928. The van der Waals surface area contributed by atoms with Crippen molar-refractivity contribution in [3.63, 3.8) is 0 Å². The number of rotatable bonds is 9. The summed E-state index contributed by atoms with van der Waals surface area (Å²) in [6.45, 7) is 0.522. The van der Waals surface area contributed by atoms with E-state index in [-0.39, 0.29) is 23.6 Å². The van der Waals surface area contributed by atoms with Crippen LogP contribution in [0.4, 0.5) is 17.5 Å². The second-order valence-electron chi connectivity index (χ2n) is 6.71. The molecule has 1 fully saturated rings. The van der Waals surface area contributed by atoms with Crippen LogP contribution in [0.5, 0.6) is 5.75 Å². The highest BCUT2D eigenvalue weighted by atomic mass is 16.6. The maximum atomic E-state index is 11.2. The molecular weight excluding hydrogens is 348 g/mol. The van der Waals surface area contributed by atoms with Crippen molar-refractivity contribution in [3.05, 3.63) is 46.1 Å². The number of methoxy groups -OCH3 is 1. The first-order valence-electron chi connectivity index (χ1n) is 8.80. The summed E-state index contributed by atoms with van der Waals surface area (Å²) in [7, 11) is 5.61. The number of hydrogen-bond acceptors (Lipinski definition) is 8. The SMILES string of the molecule is COc1ccccc1C(CNc1ncc([N+](=O)[O-])c(NC2CC2)n1)N(C)C. The van der Waals surface area contributed by atoms with Crippen molar-refractivity contribution in [1.29, 1.82) is 0 Å². The number of anilines is 2. The van der Waals surface area contributed by atoms with Gasteiger partial charge in [-0.3, -0.25) is 10.1 Å². The third-order valence-corrected chi connectivity index (χ3v) is 4.46. The summed E-state index contributed by atoms with van der Waals surface area (Å²) in [5, 5.41) is 17.5. The first-order valence-corrected chi connectivity index (χ1v) is 8.80. The standard InChI is InChI=1S/C18H24N6O3/c1-23(2)14(13-6-4-5-7-16(13)27-3)10-19-18-20-11-15(24(25)26)17(22-18)21-12-8-9-12/h4-7,11-12,14H,8-10H2,1-3H3,(H2,19,20,21,22). The van der Waals surface area contributed by atoms with Crippen LogP contribution in [0.15, 0.2) is 30.5 Å². The fraction of sp³-hybridized carbons (Fsp3) is 0.444. The number of para-hydroxylation sites is 1. The minimum Gasteiger partial charge on any atom is -0.496 e. The summed E-state index contributed by atoms with van der Waals surface area (Å²) in [6.07, 6.45) is 3.24. The third-order valence-electron chi connectivity index (χ3n) is 4.46. The molecule has 0 aliphatic heterocycles. The van der Waals surface area contributed by atoms with Crippen LogP contribution in [0.25, 0.3) is 0 Å². The summed E-state index contributed by atoms with van der Waals surface area (Å²) in [4.78, 5) is 21.2. The number of nitrogens with zero attached hydrogens (tertiary/aromatic N) is 4. The van der Waals surface area contributed by atoms with Gasteiger partial charge in [-0.05, 0) is 33.0 Å². The molecule has 27 heavy (non-hydrogen) atoms. The van der Waals surface area contributed by atoms with Crippen LogP contribution in [0, 0.1) is 10.1 Å². The minimum absolute atomic E-state index is 0.0137. The predicted molar refractivity (Wildman–Crippen MR) is 103 cm³/mol. The molecule has 0 saturated heterocycles. The molecule has 2 N–H and O–H groups in total. The number of ether oxygens (including phenoxy) is 1. The molecule has 2 aromatic rings. The molecule has 1 aliphatic carbocycles. The quantitative estimate of drug-likeness (QED) is 0.511. The van der Waals surface area contributed by atoms with Crippen molar-refractivity contribution in [1.82, 2.24) is 14.9 Å². The number of benzene rings is 1. The molecule has 1 unspecified atom stereocenters. The largest absolute Gasteiger partial charge is 0.496 e. The predicted octanol–water partition coefficient (Wildman–Crippen LogP) is 2.68. The average Bonchev–Trinajstić information content (AvgIpc) is 3.46. The number of nitrogens with one attached hydrogen (secondary N) is 2. The normalized spacial score (nSPS) is 14.7. The van der Waals surface area contributed by atoms with Crippen molar-refractivity contribution < 1.29 is 9.66 Å². The van der Waals surface area contributed by atoms with Crippen molar-refractivity contribution >= 4 is 17.5 Å². The lowest BCUT2D eigenvalue weighted by Crippen LogP contribution is -2.27. The highest BCUT2D eigenvalue weighted by Crippen LogP contribution is 2.30. The molecule has 9 heteroatoms. The van der Waals surface area contributed by atoms with Crippen LogP contribution >= 0.6 is 0 Å². The second kappa shape index (κ2) is 8.17. The fourth-order valence-corrected chi connectivity index (χ4v) is 2.82. The van der Waals surface area contributed by atoms with E-state index in [9.17, 15) is 10.1 Å². The molecule has 0 radical (unpaired) electrons. The second-order valence-corrected chi connectivity index (χ2v) is 6.71. The van der Waals surface area contributed by atoms with E-state index in [0.29, 0.717) is 12.5 Å². The van der Waals surface area contributed by atoms with E-state index in [2.05, 4.69) is 25.5 Å². The molecule has 0 amide bonds. The van der Waals surface area contributed by atoms with E-state index in [1.807, 2.05) is 38.4 Å². The molecule has 1 heterocycles. The van der Waals surface area contributed by atoms with Crippen LogP contribution in [0.2, 0.25) is 0 Å². The van der Waals surface area contributed by atoms with Gasteiger partial charge in [-0.25, -0.2) is 4.98 Å². The van der Waals surface area contributed by atoms with E-state index in [1.165, 1.54) is 6.20 Å².